The molecule has 1 atom stereocenters. The number of hydrogen-bond acceptors (Lipinski definition) is 0. The summed E-state index contributed by atoms with van der Waals surface area (Å²) in [5.74, 6) is -0.0983. The monoisotopic (exact) mass is 304 g/mol. The highest BCUT2D eigenvalue weighted by molar-refractivity contribution is 5.64. The molecule has 0 aliphatic carbocycles. The standard InChI is InChI=1S/C22H21F/c1-15-4-8-18(9-5-15)17(3)21-13-12-20(14-22(21)23)19-10-6-16(2)7-11-19/h4-14,17H,1-3H3. The molecule has 3 rings (SSSR count). The van der Waals surface area contributed by atoms with Gasteiger partial charge < -0.3 is 0 Å². The van der Waals surface area contributed by atoms with Gasteiger partial charge in [0.15, 0.2) is 0 Å². The minimum Gasteiger partial charge on any atom is -0.207 e. The molecule has 1 heteroatoms. The third-order valence-corrected chi connectivity index (χ3v) is 4.43. The van der Waals surface area contributed by atoms with Crippen LogP contribution in [0.3, 0.4) is 0 Å². The quantitative estimate of drug-likeness (QED) is 0.535. The second-order valence-corrected chi connectivity index (χ2v) is 6.23. The predicted molar refractivity (Wildman–Crippen MR) is 95.3 cm³/mol. The maximum absolute atomic E-state index is 14.6. The fraction of sp³-hybridized carbons (Fsp3) is 0.182. The van der Waals surface area contributed by atoms with Crippen LogP contribution in [-0.2, 0) is 0 Å². The molecule has 3 aromatic carbocycles. The Labute approximate surface area is 137 Å². The Morgan fingerprint density at radius 3 is 1.78 bits per heavy atom. The van der Waals surface area contributed by atoms with E-state index in [0.29, 0.717) is 0 Å². The van der Waals surface area contributed by atoms with Crippen LogP contribution in [0.2, 0.25) is 0 Å². The second kappa shape index (κ2) is 6.37. The lowest BCUT2D eigenvalue weighted by molar-refractivity contribution is 0.603. The van der Waals surface area contributed by atoms with Crippen LogP contribution in [0.4, 0.5) is 4.39 Å². The SMILES string of the molecule is Cc1ccc(-c2ccc(C(C)c3ccc(C)cc3)c(F)c2)cc1. The first-order valence-electron chi connectivity index (χ1n) is 7.97. The average Bonchev–Trinajstić information content (AvgIpc) is 2.55. The van der Waals surface area contributed by atoms with Crippen molar-refractivity contribution >= 4 is 0 Å². The van der Waals surface area contributed by atoms with E-state index in [1.807, 2.05) is 24.3 Å². The number of halogens is 1. The average molecular weight is 304 g/mol. The molecule has 0 spiro atoms. The van der Waals surface area contributed by atoms with Gasteiger partial charge >= 0.3 is 0 Å². The van der Waals surface area contributed by atoms with Gasteiger partial charge in [0.1, 0.15) is 5.82 Å². The van der Waals surface area contributed by atoms with Crippen molar-refractivity contribution in [3.05, 3.63) is 94.8 Å². The molecular formula is C22H21F. The fourth-order valence-electron chi connectivity index (χ4n) is 2.84. The molecule has 0 heterocycles. The lowest BCUT2D eigenvalue weighted by Crippen LogP contribution is -2.00. The van der Waals surface area contributed by atoms with E-state index in [2.05, 4.69) is 57.2 Å². The normalized spacial score (nSPS) is 12.2. The molecule has 0 radical (unpaired) electrons. The molecule has 3 aromatic rings. The molecular weight excluding hydrogens is 283 g/mol. The van der Waals surface area contributed by atoms with Crippen molar-refractivity contribution in [3.63, 3.8) is 0 Å². The van der Waals surface area contributed by atoms with E-state index in [-0.39, 0.29) is 11.7 Å². The minimum absolute atomic E-state index is 0.0441. The van der Waals surface area contributed by atoms with Crippen LogP contribution >= 0.6 is 0 Å². The molecule has 0 aliphatic heterocycles. The van der Waals surface area contributed by atoms with E-state index < -0.39 is 0 Å². The summed E-state index contributed by atoms with van der Waals surface area (Å²) in [6, 6.07) is 22.0. The van der Waals surface area contributed by atoms with Crippen molar-refractivity contribution in [2.45, 2.75) is 26.7 Å². The highest BCUT2D eigenvalue weighted by atomic mass is 19.1. The Bertz CT molecular complexity index is 798. The Balaban J connectivity index is 1.92. The molecule has 1 unspecified atom stereocenters. The van der Waals surface area contributed by atoms with Crippen LogP contribution in [0.25, 0.3) is 11.1 Å². The first-order chi connectivity index (χ1) is 11.0. The van der Waals surface area contributed by atoms with Crippen LogP contribution < -0.4 is 0 Å². The first-order valence-corrected chi connectivity index (χ1v) is 7.97. The van der Waals surface area contributed by atoms with Crippen molar-refractivity contribution in [2.75, 3.05) is 0 Å². The molecule has 116 valence electrons. The summed E-state index contributed by atoms with van der Waals surface area (Å²) in [4.78, 5) is 0. The molecule has 0 saturated heterocycles. The van der Waals surface area contributed by atoms with E-state index in [9.17, 15) is 4.39 Å². The van der Waals surface area contributed by atoms with Gasteiger partial charge in [-0.15, -0.1) is 0 Å². The molecule has 0 aliphatic rings. The van der Waals surface area contributed by atoms with Crippen LogP contribution in [0.15, 0.2) is 66.7 Å². The van der Waals surface area contributed by atoms with Crippen LogP contribution in [-0.4, -0.2) is 0 Å². The summed E-state index contributed by atoms with van der Waals surface area (Å²) >= 11 is 0. The zero-order chi connectivity index (χ0) is 16.4. The van der Waals surface area contributed by atoms with E-state index in [4.69, 9.17) is 0 Å². The number of rotatable bonds is 3. The van der Waals surface area contributed by atoms with Gasteiger partial charge in [0.05, 0.1) is 0 Å². The molecule has 0 saturated carbocycles. The molecule has 0 amide bonds. The molecule has 0 aromatic heterocycles. The summed E-state index contributed by atoms with van der Waals surface area (Å²) in [6.07, 6.45) is 0. The molecule has 0 bridgehead atoms. The van der Waals surface area contributed by atoms with Gasteiger partial charge in [-0.3, -0.25) is 0 Å². The highest BCUT2D eigenvalue weighted by Gasteiger charge is 2.14. The molecule has 0 N–H and O–H groups in total. The number of benzene rings is 3. The van der Waals surface area contributed by atoms with Gasteiger partial charge in [0.2, 0.25) is 0 Å². The lowest BCUT2D eigenvalue weighted by atomic mass is 9.90. The third kappa shape index (κ3) is 3.34. The largest absolute Gasteiger partial charge is 0.207 e. The Kier molecular flexibility index (Phi) is 4.29. The molecule has 23 heavy (non-hydrogen) atoms. The third-order valence-electron chi connectivity index (χ3n) is 4.43. The van der Waals surface area contributed by atoms with Crippen LogP contribution in [0, 0.1) is 19.7 Å². The number of aryl methyl sites for hydroxylation is 2. The van der Waals surface area contributed by atoms with E-state index >= 15 is 0 Å². The summed E-state index contributed by atoms with van der Waals surface area (Å²) in [7, 11) is 0. The van der Waals surface area contributed by atoms with Gasteiger partial charge in [-0.05, 0) is 42.2 Å². The van der Waals surface area contributed by atoms with Gasteiger partial charge in [-0.1, -0.05) is 78.7 Å². The summed E-state index contributed by atoms with van der Waals surface area (Å²) in [5, 5.41) is 0. The van der Waals surface area contributed by atoms with E-state index in [0.717, 1.165) is 22.3 Å². The minimum atomic E-state index is -0.142. The maximum atomic E-state index is 14.6. The first kappa shape index (κ1) is 15.5. The van der Waals surface area contributed by atoms with E-state index in [1.165, 1.54) is 11.1 Å². The molecule has 0 nitrogen and oxygen atoms in total. The van der Waals surface area contributed by atoms with Gasteiger partial charge in [0.25, 0.3) is 0 Å². The van der Waals surface area contributed by atoms with Crippen molar-refractivity contribution in [1.29, 1.82) is 0 Å². The second-order valence-electron chi connectivity index (χ2n) is 6.23. The van der Waals surface area contributed by atoms with Crippen LogP contribution in [0.5, 0.6) is 0 Å². The highest BCUT2D eigenvalue weighted by Crippen LogP contribution is 2.30. The Morgan fingerprint density at radius 2 is 1.22 bits per heavy atom. The van der Waals surface area contributed by atoms with Crippen molar-refractivity contribution in [3.8, 4) is 11.1 Å². The number of hydrogen-bond donors (Lipinski definition) is 0. The van der Waals surface area contributed by atoms with Gasteiger partial charge in [-0.25, -0.2) is 4.39 Å². The topological polar surface area (TPSA) is 0 Å². The zero-order valence-corrected chi connectivity index (χ0v) is 13.8. The Morgan fingerprint density at radius 1 is 0.696 bits per heavy atom. The predicted octanol–water partition coefficient (Wildman–Crippen LogP) is 6.26. The molecule has 0 fully saturated rings. The lowest BCUT2D eigenvalue weighted by Gasteiger charge is -2.15. The smallest absolute Gasteiger partial charge is 0.127 e. The van der Waals surface area contributed by atoms with Crippen molar-refractivity contribution in [2.24, 2.45) is 0 Å². The van der Waals surface area contributed by atoms with Crippen LogP contribution in [0.1, 0.15) is 35.1 Å². The summed E-state index contributed by atoms with van der Waals surface area (Å²) in [6.45, 7) is 6.16. The summed E-state index contributed by atoms with van der Waals surface area (Å²) < 4.78 is 14.6. The maximum Gasteiger partial charge on any atom is 0.127 e. The zero-order valence-electron chi connectivity index (χ0n) is 13.8. The Hall–Kier alpha value is -2.41. The van der Waals surface area contributed by atoms with Gasteiger partial charge in [0, 0.05) is 5.92 Å². The van der Waals surface area contributed by atoms with Gasteiger partial charge in [-0.2, -0.15) is 0 Å². The van der Waals surface area contributed by atoms with Crippen molar-refractivity contribution < 1.29 is 4.39 Å². The summed E-state index contributed by atoms with van der Waals surface area (Å²) in [5.41, 5.74) is 6.27. The van der Waals surface area contributed by atoms with Crippen molar-refractivity contribution in [1.82, 2.24) is 0 Å². The van der Waals surface area contributed by atoms with E-state index in [1.54, 1.807) is 6.07 Å². The fourth-order valence-corrected chi connectivity index (χ4v) is 2.84.